The Morgan fingerprint density at radius 2 is 1.92 bits per heavy atom. The summed E-state index contributed by atoms with van der Waals surface area (Å²) in [6, 6.07) is 3.86. The fraction of sp³-hybridized carbons (Fsp3) is 0.556. The summed E-state index contributed by atoms with van der Waals surface area (Å²) in [5, 5.41) is 6.75. The highest BCUT2D eigenvalue weighted by molar-refractivity contribution is 6.37. The van der Waals surface area contributed by atoms with Gasteiger partial charge < -0.3 is 15.4 Å². The lowest BCUT2D eigenvalue weighted by Crippen LogP contribution is -2.46. The Balaban J connectivity index is 1.97. The van der Waals surface area contributed by atoms with E-state index in [-0.39, 0.29) is 28.7 Å². The maximum atomic E-state index is 12.4. The number of ether oxygens (including phenoxy) is 1. The third-order valence-electron chi connectivity index (χ3n) is 4.25. The number of halogens is 2. The number of rotatable bonds is 6. The molecule has 6 nitrogen and oxygen atoms in total. The van der Waals surface area contributed by atoms with Gasteiger partial charge in [0.1, 0.15) is 0 Å². The molecular weight excluding hydrogens is 377 g/mol. The molecule has 1 aromatic carbocycles. The minimum absolute atomic E-state index is 0.137. The van der Waals surface area contributed by atoms with Crippen molar-refractivity contribution in [1.82, 2.24) is 10.2 Å². The van der Waals surface area contributed by atoms with Crippen molar-refractivity contribution in [3.8, 4) is 0 Å². The molecule has 1 amide bonds. The van der Waals surface area contributed by atoms with Gasteiger partial charge >= 0.3 is 5.97 Å². The van der Waals surface area contributed by atoms with Gasteiger partial charge in [0, 0.05) is 30.2 Å². The molecule has 1 fully saturated rings. The van der Waals surface area contributed by atoms with Gasteiger partial charge in [0.25, 0.3) is 0 Å². The second kappa shape index (κ2) is 9.55. The molecule has 26 heavy (non-hydrogen) atoms. The average molecular weight is 402 g/mol. The van der Waals surface area contributed by atoms with E-state index in [0.717, 1.165) is 25.9 Å². The van der Waals surface area contributed by atoms with E-state index in [1.54, 1.807) is 0 Å². The van der Waals surface area contributed by atoms with Crippen LogP contribution in [-0.2, 0) is 9.53 Å². The zero-order chi connectivity index (χ0) is 19.3. The van der Waals surface area contributed by atoms with Crippen LogP contribution in [0.5, 0.6) is 0 Å². The van der Waals surface area contributed by atoms with Gasteiger partial charge in [0.05, 0.1) is 29.9 Å². The highest BCUT2D eigenvalue weighted by Crippen LogP contribution is 2.30. The third kappa shape index (κ3) is 5.84. The Labute approximate surface area is 164 Å². The topological polar surface area (TPSA) is 70.7 Å². The highest BCUT2D eigenvalue weighted by Gasteiger charge is 2.23. The summed E-state index contributed by atoms with van der Waals surface area (Å²) in [6.07, 6.45) is 2.00. The summed E-state index contributed by atoms with van der Waals surface area (Å²) in [5.41, 5.74) is 0.363. The number of hydrogen-bond acceptors (Lipinski definition) is 5. The van der Waals surface area contributed by atoms with E-state index in [1.165, 1.54) is 19.2 Å². The maximum Gasteiger partial charge on any atom is 0.340 e. The number of piperidine rings is 1. The van der Waals surface area contributed by atoms with Crippen LogP contribution in [0.4, 0.5) is 5.69 Å². The molecule has 1 aliphatic heterocycles. The first kappa shape index (κ1) is 21.0. The van der Waals surface area contributed by atoms with Gasteiger partial charge in [-0.3, -0.25) is 9.69 Å². The van der Waals surface area contributed by atoms with Gasteiger partial charge in [-0.1, -0.05) is 37.0 Å². The van der Waals surface area contributed by atoms with Crippen molar-refractivity contribution in [2.75, 3.05) is 32.1 Å². The lowest BCUT2D eigenvalue weighted by atomic mass is 10.0. The monoisotopic (exact) mass is 401 g/mol. The summed E-state index contributed by atoms with van der Waals surface area (Å²) in [6.45, 7) is 6.20. The average Bonchev–Trinajstić information content (AvgIpc) is 2.57. The maximum absolute atomic E-state index is 12.4. The summed E-state index contributed by atoms with van der Waals surface area (Å²) >= 11 is 12.1. The molecule has 0 radical (unpaired) electrons. The number of amides is 1. The van der Waals surface area contributed by atoms with Crippen molar-refractivity contribution < 1.29 is 14.3 Å². The first-order valence-electron chi connectivity index (χ1n) is 8.65. The van der Waals surface area contributed by atoms with Crippen LogP contribution in [0.15, 0.2) is 12.1 Å². The summed E-state index contributed by atoms with van der Waals surface area (Å²) in [4.78, 5) is 26.4. The molecule has 0 aromatic heterocycles. The lowest BCUT2D eigenvalue weighted by molar-refractivity contribution is -0.117. The van der Waals surface area contributed by atoms with Gasteiger partial charge in [-0.2, -0.15) is 0 Å². The minimum atomic E-state index is -0.606. The summed E-state index contributed by atoms with van der Waals surface area (Å²) < 4.78 is 4.74. The quantitative estimate of drug-likeness (QED) is 0.716. The van der Waals surface area contributed by atoms with Crippen LogP contribution in [0.2, 0.25) is 10.0 Å². The van der Waals surface area contributed by atoms with Crippen molar-refractivity contribution in [3.63, 3.8) is 0 Å². The smallest absolute Gasteiger partial charge is 0.340 e. The number of nitrogens with zero attached hydrogens (tertiary/aromatic N) is 1. The molecule has 1 aliphatic rings. The molecule has 0 atom stereocenters. The second-order valence-electron chi connectivity index (χ2n) is 6.72. The van der Waals surface area contributed by atoms with E-state index in [2.05, 4.69) is 29.4 Å². The number of hydrogen-bond donors (Lipinski definition) is 2. The number of methoxy groups -OCH3 is 1. The van der Waals surface area contributed by atoms with Gasteiger partial charge in [0.2, 0.25) is 5.91 Å². The number of anilines is 1. The molecule has 0 bridgehead atoms. The molecule has 2 rings (SSSR count). The third-order valence-corrected chi connectivity index (χ3v) is 4.76. The molecule has 8 heteroatoms. The predicted octanol–water partition coefficient (Wildman–Crippen LogP) is 3.18. The summed E-state index contributed by atoms with van der Waals surface area (Å²) in [5.74, 6) is -0.833. The largest absolute Gasteiger partial charge is 0.465 e. The molecule has 1 saturated heterocycles. The van der Waals surface area contributed by atoms with Gasteiger partial charge in [-0.05, 0) is 25.0 Å². The molecule has 1 aromatic rings. The van der Waals surface area contributed by atoms with Gasteiger partial charge in [-0.15, -0.1) is 0 Å². The zero-order valence-corrected chi connectivity index (χ0v) is 16.8. The Hall–Kier alpha value is -1.34. The molecule has 144 valence electrons. The SMILES string of the molecule is COC(=O)c1cc(Cl)cc(Cl)c1NC(=O)CN1CCC(NC(C)C)CC1. The normalized spacial score (nSPS) is 15.9. The number of benzene rings is 1. The van der Waals surface area contributed by atoms with E-state index < -0.39 is 5.97 Å². The predicted molar refractivity (Wildman–Crippen MR) is 104 cm³/mol. The number of likely N-dealkylation sites (tertiary alicyclic amines) is 1. The molecule has 0 unspecified atom stereocenters. The molecule has 0 saturated carbocycles. The van der Waals surface area contributed by atoms with Crippen LogP contribution >= 0.6 is 23.2 Å². The molecule has 2 N–H and O–H groups in total. The fourth-order valence-corrected chi connectivity index (χ4v) is 3.62. The number of carbonyl (C=O) groups is 2. The molecular formula is C18H25Cl2N3O3. The molecule has 0 spiro atoms. The Kier molecular flexibility index (Phi) is 7.70. The fourth-order valence-electron chi connectivity index (χ4n) is 3.08. The number of carbonyl (C=O) groups excluding carboxylic acids is 2. The van der Waals surface area contributed by atoms with E-state index in [9.17, 15) is 9.59 Å². The van der Waals surface area contributed by atoms with E-state index in [4.69, 9.17) is 27.9 Å². The number of esters is 1. The van der Waals surface area contributed by atoms with E-state index in [0.29, 0.717) is 17.1 Å². The molecule has 0 aliphatic carbocycles. The van der Waals surface area contributed by atoms with Gasteiger partial charge in [-0.25, -0.2) is 4.79 Å². The van der Waals surface area contributed by atoms with Crippen LogP contribution in [0.1, 0.15) is 37.0 Å². The van der Waals surface area contributed by atoms with Crippen molar-refractivity contribution >= 4 is 40.8 Å². The van der Waals surface area contributed by atoms with Crippen LogP contribution < -0.4 is 10.6 Å². The molecule has 1 heterocycles. The minimum Gasteiger partial charge on any atom is -0.465 e. The van der Waals surface area contributed by atoms with E-state index in [1.807, 2.05) is 0 Å². The van der Waals surface area contributed by atoms with Crippen LogP contribution in [0.25, 0.3) is 0 Å². The van der Waals surface area contributed by atoms with Crippen LogP contribution in [0.3, 0.4) is 0 Å². The standard InChI is InChI=1S/C18H25Cl2N3O3/c1-11(2)21-13-4-6-23(7-5-13)10-16(24)22-17-14(18(25)26-3)8-12(19)9-15(17)20/h8-9,11,13,21H,4-7,10H2,1-3H3,(H,22,24). The first-order chi connectivity index (χ1) is 12.3. The van der Waals surface area contributed by atoms with Crippen LogP contribution in [-0.4, -0.2) is 55.6 Å². The lowest BCUT2D eigenvalue weighted by Gasteiger charge is -2.33. The number of nitrogens with one attached hydrogen (secondary N) is 2. The van der Waals surface area contributed by atoms with Crippen molar-refractivity contribution in [2.45, 2.75) is 38.8 Å². The Morgan fingerprint density at radius 1 is 1.27 bits per heavy atom. The first-order valence-corrected chi connectivity index (χ1v) is 9.41. The summed E-state index contributed by atoms with van der Waals surface area (Å²) in [7, 11) is 1.26. The Morgan fingerprint density at radius 3 is 2.50 bits per heavy atom. The van der Waals surface area contributed by atoms with Crippen LogP contribution in [0, 0.1) is 0 Å². The zero-order valence-electron chi connectivity index (χ0n) is 15.3. The highest BCUT2D eigenvalue weighted by atomic mass is 35.5. The van der Waals surface area contributed by atoms with Crippen molar-refractivity contribution in [3.05, 3.63) is 27.7 Å². The Bertz CT molecular complexity index is 659. The van der Waals surface area contributed by atoms with Gasteiger partial charge in [0.15, 0.2) is 0 Å². The van der Waals surface area contributed by atoms with Crippen molar-refractivity contribution in [2.24, 2.45) is 0 Å². The van der Waals surface area contributed by atoms with E-state index >= 15 is 0 Å². The second-order valence-corrected chi connectivity index (χ2v) is 7.57. The van der Waals surface area contributed by atoms with Crippen molar-refractivity contribution in [1.29, 1.82) is 0 Å².